The second kappa shape index (κ2) is 37.4. The van der Waals surface area contributed by atoms with Crippen LogP contribution in [0.2, 0.25) is 0 Å². The Bertz CT molecular complexity index is 870. The topological polar surface area (TPSA) is 105 Å². The van der Waals surface area contributed by atoms with Crippen LogP contribution >= 0.6 is 0 Å². The van der Waals surface area contributed by atoms with E-state index in [0.717, 1.165) is 83.5 Å². The molecule has 0 amide bonds. The van der Waals surface area contributed by atoms with Crippen LogP contribution in [0.4, 0.5) is 0 Å². The first-order valence-electron chi connectivity index (χ1n) is 21.1. The highest BCUT2D eigenvalue weighted by Crippen LogP contribution is 2.18. The largest absolute Gasteiger partial charge is 0.462 e. The Hall–Kier alpha value is -2.38. The first-order chi connectivity index (χ1) is 24.8. The maximum Gasteiger partial charge on any atom is 0.330 e. The summed E-state index contributed by atoms with van der Waals surface area (Å²) in [5.74, 6) is -1.53. The number of unbranched alkanes of at least 4 members (excludes halogenated alkanes) is 23. The van der Waals surface area contributed by atoms with Crippen LogP contribution in [0.15, 0.2) is 12.2 Å². The molecule has 0 aliphatic carbocycles. The molecule has 51 heavy (non-hydrogen) atoms. The lowest BCUT2D eigenvalue weighted by Crippen LogP contribution is -2.29. The van der Waals surface area contributed by atoms with Gasteiger partial charge in [-0.05, 0) is 44.9 Å². The van der Waals surface area contributed by atoms with Crippen LogP contribution in [0.1, 0.15) is 214 Å². The van der Waals surface area contributed by atoms with Crippen molar-refractivity contribution in [2.24, 2.45) is 0 Å². The van der Waals surface area contributed by atoms with Crippen molar-refractivity contribution in [2.75, 3.05) is 13.2 Å². The first-order valence-corrected chi connectivity index (χ1v) is 21.1. The van der Waals surface area contributed by atoms with Gasteiger partial charge in [0, 0.05) is 26.3 Å². The highest BCUT2D eigenvalue weighted by molar-refractivity contribution is 5.82. The van der Waals surface area contributed by atoms with Crippen LogP contribution in [0.3, 0.4) is 0 Å². The fraction of sp³-hybridized carbons (Fsp3) is 0.860. The minimum atomic E-state index is -0.792. The molecule has 0 radical (unpaired) electrons. The third-order valence-electron chi connectivity index (χ3n) is 9.28. The van der Waals surface area contributed by atoms with Gasteiger partial charge in [-0.2, -0.15) is 0 Å². The van der Waals surface area contributed by atoms with E-state index in [2.05, 4.69) is 13.8 Å². The number of rotatable bonds is 37. The maximum atomic E-state index is 12.6. The van der Waals surface area contributed by atoms with E-state index in [-0.39, 0.29) is 31.3 Å². The second-order valence-corrected chi connectivity index (χ2v) is 14.4. The van der Waals surface area contributed by atoms with Crippen LogP contribution in [0.25, 0.3) is 0 Å². The minimum Gasteiger partial charge on any atom is -0.462 e. The normalized spacial score (nSPS) is 12.5. The van der Waals surface area contributed by atoms with Gasteiger partial charge in [0.2, 0.25) is 0 Å². The summed E-state index contributed by atoms with van der Waals surface area (Å²) in [5.41, 5.74) is 0. The highest BCUT2D eigenvalue weighted by atomic mass is 16.6. The molecule has 8 heteroatoms. The summed E-state index contributed by atoms with van der Waals surface area (Å²) in [6.45, 7) is 6.75. The third kappa shape index (κ3) is 37.2. The number of ether oxygens (including phenoxy) is 4. The highest BCUT2D eigenvalue weighted by Gasteiger charge is 2.17. The molecule has 2 unspecified atom stereocenters. The summed E-state index contributed by atoms with van der Waals surface area (Å²) in [7, 11) is 0. The van der Waals surface area contributed by atoms with Gasteiger partial charge in [-0.25, -0.2) is 4.79 Å². The molecule has 0 aliphatic rings. The van der Waals surface area contributed by atoms with E-state index < -0.39 is 18.0 Å². The molecule has 0 aromatic heterocycles. The maximum absolute atomic E-state index is 12.6. The van der Waals surface area contributed by atoms with Crippen molar-refractivity contribution in [3.63, 3.8) is 0 Å². The molecule has 0 fully saturated rings. The summed E-state index contributed by atoms with van der Waals surface area (Å²) in [5, 5.41) is 0. The lowest BCUT2D eigenvalue weighted by atomic mass is 10.0. The lowest BCUT2D eigenvalue weighted by molar-refractivity contribution is -0.164. The van der Waals surface area contributed by atoms with Gasteiger partial charge in [0.15, 0.2) is 6.10 Å². The Kier molecular flexibility index (Phi) is 35.6. The van der Waals surface area contributed by atoms with Gasteiger partial charge in [0.05, 0.1) is 0 Å². The molecule has 0 aliphatic heterocycles. The zero-order valence-corrected chi connectivity index (χ0v) is 33.5. The molecule has 0 rings (SSSR count). The average Bonchev–Trinajstić information content (AvgIpc) is 3.09. The van der Waals surface area contributed by atoms with Gasteiger partial charge < -0.3 is 18.9 Å². The van der Waals surface area contributed by atoms with Crippen LogP contribution in [-0.2, 0) is 38.1 Å². The third-order valence-corrected chi connectivity index (χ3v) is 9.28. The number of esters is 4. The minimum absolute atomic E-state index is 0.0149. The monoisotopic (exact) mass is 723 g/mol. The van der Waals surface area contributed by atoms with E-state index in [1.807, 2.05) is 6.08 Å². The predicted octanol–water partition coefficient (Wildman–Crippen LogP) is 11.8. The number of carbonyl (C=O) groups is 4. The van der Waals surface area contributed by atoms with Crippen LogP contribution in [0, 0.1) is 0 Å². The Balaban J connectivity index is 4.01. The van der Waals surface area contributed by atoms with Gasteiger partial charge in [-0.3, -0.25) is 14.4 Å². The van der Waals surface area contributed by atoms with Gasteiger partial charge >= 0.3 is 23.9 Å². The molecule has 0 aromatic carbocycles. The number of hydrogen-bond acceptors (Lipinski definition) is 8. The Morgan fingerprint density at radius 3 is 1.39 bits per heavy atom. The van der Waals surface area contributed by atoms with E-state index in [1.54, 1.807) is 6.08 Å². The summed E-state index contributed by atoms with van der Waals surface area (Å²) >= 11 is 0. The summed E-state index contributed by atoms with van der Waals surface area (Å²) in [6, 6.07) is 0. The van der Waals surface area contributed by atoms with Gasteiger partial charge in [-0.1, -0.05) is 155 Å². The second-order valence-electron chi connectivity index (χ2n) is 14.4. The molecule has 0 spiro atoms. The van der Waals surface area contributed by atoms with Gasteiger partial charge in [0.25, 0.3) is 0 Å². The Morgan fingerprint density at radius 2 is 0.902 bits per heavy atom. The zero-order chi connectivity index (χ0) is 37.6. The number of allylic oxidation sites excluding steroid dienone is 1. The predicted molar refractivity (Wildman–Crippen MR) is 207 cm³/mol. The fourth-order valence-corrected chi connectivity index (χ4v) is 6.25. The van der Waals surface area contributed by atoms with E-state index >= 15 is 0 Å². The molecule has 298 valence electrons. The molecule has 0 N–H and O–H groups in total. The summed E-state index contributed by atoms with van der Waals surface area (Å²) in [6.07, 6.45) is 36.8. The molecular formula is C43H78O8. The zero-order valence-electron chi connectivity index (χ0n) is 33.5. The SMILES string of the molecule is CCCCCCCCCCCCCCCC=CC(=O)OC(CCCCCC)CCCCCCCCCCC(=O)OCC(COC(C)=O)OC(C)=O. The molecule has 8 nitrogen and oxygen atoms in total. The summed E-state index contributed by atoms with van der Waals surface area (Å²) < 4.78 is 21.0. The van der Waals surface area contributed by atoms with E-state index in [4.69, 9.17) is 18.9 Å². The lowest BCUT2D eigenvalue weighted by Gasteiger charge is -2.17. The molecule has 0 saturated heterocycles. The fourth-order valence-electron chi connectivity index (χ4n) is 6.25. The average molecular weight is 723 g/mol. The van der Waals surface area contributed by atoms with E-state index in [0.29, 0.717) is 6.42 Å². The van der Waals surface area contributed by atoms with E-state index in [1.165, 1.54) is 110 Å². The van der Waals surface area contributed by atoms with Crippen molar-refractivity contribution in [1.29, 1.82) is 0 Å². The van der Waals surface area contributed by atoms with Crippen molar-refractivity contribution in [3.8, 4) is 0 Å². The van der Waals surface area contributed by atoms with Crippen LogP contribution in [-0.4, -0.2) is 49.3 Å². The van der Waals surface area contributed by atoms with Gasteiger partial charge in [0.1, 0.15) is 19.3 Å². The summed E-state index contributed by atoms with van der Waals surface area (Å²) in [4.78, 5) is 46.8. The smallest absolute Gasteiger partial charge is 0.330 e. The molecule has 0 saturated carbocycles. The molecule has 0 heterocycles. The van der Waals surface area contributed by atoms with Crippen molar-refractivity contribution < 1.29 is 38.1 Å². The molecule has 0 aromatic rings. The van der Waals surface area contributed by atoms with Crippen molar-refractivity contribution in [2.45, 2.75) is 226 Å². The van der Waals surface area contributed by atoms with Gasteiger partial charge in [-0.15, -0.1) is 0 Å². The first kappa shape index (κ1) is 48.6. The van der Waals surface area contributed by atoms with Crippen LogP contribution < -0.4 is 0 Å². The molecular weight excluding hydrogens is 644 g/mol. The molecule has 2 atom stereocenters. The quantitative estimate of drug-likeness (QED) is 0.0270. The Morgan fingerprint density at radius 1 is 0.471 bits per heavy atom. The van der Waals surface area contributed by atoms with Crippen LogP contribution in [0.5, 0.6) is 0 Å². The van der Waals surface area contributed by atoms with Crippen molar-refractivity contribution in [3.05, 3.63) is 12.2 Å². The van der Waals surface area contributed by atoms with E-state index in [9.17, 15) is 19.2 Å². The Labute approximate surface area is 312 Å². The van der Waals surface area contributed by atoms with Crippen molar-refractivity contribution in [1.82, 2.24) is 0 Å². The standard InChI is InChI=1S/C43H78O8/c1-5-7-9-11-12-13-14-15-16-17-18-19-24-27-31-35-43(47)51-40(32-28-10-8-6-2)33-29-25-22-20-21-23-26-30-34-42(46)49-37-41(50-39(4)45)36-48-38(3)44/h31,35,40-41H,5-30,32-34,36-37H2,1-4H3. The number of hydrogen-bond donors (Lipinski definition) is 0. The molecule has 0 bridgehead atoms. The van der Waals surface area contributed by atoms with Crippen molar-refractivity contribution >= 4 is 23.9 Å². The number of carbonyl (C=O) groups excluding carboxylic acids is 4.